The van der Waals surface area contributed by atoms with E-state index >= 15 is 0 Å². The number of anilines is 1. The highest BCUT2D eigenvalue weighted by atomic mass is 35.5. The molecule has 3 heterocycles. The van der Waals surface area contributed by atoms with Crippen molar-refractivity contribution in [2.45, 2.75) is 18.9 Å². The number of nitrogens with zero attached hydrogens (tertiary/aromatic N) is 4. The van der Waals surface area contributed by atoms with E-state index in [4.69, 9.17) is 11.6 Å². The molecule has 0 saturated carbocycles. The third-order valence-corrected chi connectivity index (χ3v) is 5.25. The molecule has 0 radical (unpaired) electrons. The topological polar surface area (TPSA) is 61.4 Å². The minimum absolute atomic E-state index is 0.0704. The molecule has 26 heavy (non-hydrogen) atoms. The summed E-state index contributed by atoms with van der Waals surface area (Å²) >= 11 is 6.10. The number of benzene rings is 1. The fourth-order valence-electron chi connectivity index (χ4n) is 3.60. The van der Waals surface area contributed by atoms with Crippen molar-refractivity contribution in [2.24, 2.45) is 0 Å². The number of nitrogens with one attached hydrogen (secondary N) is 1. The van der Waals surface area contributed by atoms with Crippen molar-refractivity contribution in [2.75, 3.05) is 37.6 Å². The second-order valence-electron chi connectivity index (χ2n) is 6.78. The zero-order valence-corrected chi connectivity index (χ0v) is 15.3. The van der Waals surface area contributed by atoms with E-state index in [1.54, 1.807) is 6.07 Å². The molecule has 0 bridgehead atoms. The van der Waals surface area contributed by atoms with E-state index in [1.807, 2.05) is 35.2 Å². The van der Waals surface area contributed by atoms with Gasteiger partial charge in [0.1, 0.15) is 0 Å². The van der Waals surface area contributed by atoms with Crippen molar-refractivity contribution < 1.29 is 4.79 Å². The molecule has 2 fully saturated rings. The van der Waals surface area contributed by atoms with Crippen LogP contribution in [-0.2, 0) is 0 Å². The third-order valence-electron chi connectivity index (χ3n) is 5.01. The monoisotopic (exact) mass is 371 g/mol. The van der Waals surface area contributed by atoms with Gasteiger partial charge in [0.05, 0.1) is 6.04 Å². The molecule has 6 nitrogen and oxygen atoms in total. The van der Waals surface area contributed by atoms with Crippen LogP contribution in [-0.4, -0.2) is 53.7 Å². The van der Waals surface area contributed by atoms with Crippen LogP contribution in [0.5, 0.6) is 0 Å². The molecule has 1 unspecified atom stereocenters. The summed E-state index contributed by atoms with van der Waals surface area (Å²) in [5.41, 5.74) is 1.49. The molecule has 136 valence electrons. The molecule has 7 heteroatoms. The zero-order chi connectivity index (χ0) is 17.9. The van der Waals surface area contributed by atoms with Gasteiger partial charge in [-0.25, -0.2) is 0 Å². The average Bonchev–Trinajstić information content (AvgIpc) is 3.22. The van der Waals surface area contributed by atoms with Gasteiger partial charge in [-0.2, -0.15) is 0 Å². The van der Waals surface area contributed by atoms with E-state index in [2.05, 4.69) is 20.4 Å². The van der Waals surface area contributed by atoms with Crippen molar-refractivity contribution in [3.63, 3.8) is 0 Å². The first-order chi connectivity index (χ1) is 12.7. The van der Waals surface area contributed by atoms with Gasteiger partial charge in [0, 0.05) is 37.7 Å². The minimum Gasteiger partial charge on any atom is -0.355 e. The number of piperazine rings is 1. The molecule has 0 spiro atoms. The molecule has 2 saturated heterocycles. The third kappa shape index (κ3) is 3.66. The van der Waals surface area contributed by atoms with E-state index in [-0.39, 0.29) is 11.9 Å². The Hall–Kier alpha value is -2.18. The van der Waals surface area contributed by atoms with Crippen LogP contribution in [0.25, 0.3) is 0 Å². The van der Waals surface area contributed by atoms with Gasteiger partial charge in [-0.15, -0.1) is 10.2 Å². The van der Waals surface area contributed by atoms with Gasteiger partial charge in [-0.3, -0.25) is 4.79 Å². The van der Waals surface area contributed by atoms with Crippen molar-refractivity contribution in [1.82, 2.24) is 20.4 Å². The van der Waals surface area contributed by atoms with E-state index in [0.29, 0.717) is 23.8 Å². The fraction of sp³-hybridized carbons (Fsp3) is 0.421. The Morgan fingerprint density at radius 3 is 2.69 bits per heavy atom. The van der Waals surface area contributed by atoms with Gasteiger partial charge in [-0.1, -0.05) is 23.7 Å². The van der Waals surface area contributed by atoms with Crippen molar-refractivity contribution in [1.29, 1.82) is 0 Å². The molecule has 0 aliphatic carbocycles. The number of amides is 1. The summed E-state index contributed by atoms with van der Waals surface area (Å²) in [5, 5.41) is 12.6. The molecule has 2 aliphatic heterocycles. The lowest BCUT2D eigenvalue weighted by molar-refractivity contribution is 0.0696. The lowest BCUT2D eigenvalue weighted by Gasteiger charge is -2.33. The summed E-state index contributed by atoms with van der Waals surface area (Å²) in [4.78, 5) is 16.9. The Balaban J connectivity index is 1.45. The van der Waals surface area contributed by atoms with Crippen LogP contribution in [0.1, 0.15) is 34.9 Å². The fourth-order valence-corrected chi connectivity index (χ4v) is 3.80. The maximum Gasteiger partial charge on any atom is 0.274 e. The molecular formula is C19H22ClN5O. The van der Waals surface area contributed by atoms with Gasteiger partial charge in [0.15, 0.2) is 11.5 Å². The van der Waals surface area contributed by atoms with Gasteiger partial charge in [-0.05, 0) is 42.7 Å². The lowest BCUT2D eigenvalue weighted by Crippen LogP contribution is -2.48. The summed E-state index contributed by atoms with van der Waals surface area (Å²) in [6.07, 6.45) is 2.38. The number of hydrogen-bond acceptors (Lipinski definition) is 5. The maximum atomic E-state index is 12.8. The largest absolute Gasteiger partial charge is 0.355 e. The van der Waals surface area contributed by atoms with Crippen LogP contribution in [0.15, 0.2) is 36.4 Å². The minimum atomic E-state index is -0.0704. The van der Waals surface area contributed by atoms with Gasteiger partial charge in [0.25, 0.3) is 5.91 Å². The summed E-state index contributed by atoms with van der Waals surface area (Å²) in [6.45, 7) is 4.02. The molecule has 1 amide bonds. The van der Waals surface area contributed by atoms with Gasteiger partial charge >= 0.3 is 0 Å². The standard InChI is InChI=1S/C19H22ClN5O/c20-15-5-3-4-14(12-15)17-13-25(11-8-21-17)19(26)16-6-7-18(23-22-16)24-9-1-2-10-24/h3-7,12,17,21H,1-2,8-11,13H2. The van der Waals surface area contributed by atoms with Crippen molar-refractivity contribution in [3.05, 3.63) is 52.7 Å². The first-order valence-electron chi connectivity index (χ1n) is 9.07. The van der Waals surface area contributed by atoms with Gasteiger partial charge in [0.2, 0.25) is 0 Å². The quantitative estimate of drug-likeness (QED) is 0.898. The van der Waals surface area contributed by atoms with Crippen LogP contribution in [0.2, 0.25) is 5.02 Å². The molecule has 2 aliphatic rings. The normalized spacial score (nSPS) is 20.4. The molecular weight excluding hydrogens is 350 g/mol. The number of hydrogen-bond donors (Lipinski definition) is 1. The van der Waals surface area contributed by atoms with Crippen LogP contribution in [0.4, 0.5) is 5.82 Å². The van der Waals surface area contributed by atoms with Crippen LogP contribution in [0, 0.1) is 0 Å². The Morgan fingerprint density at radius 2 is 1.96 bits per heavy atom. The number of halogens is 1. The molecule has 4 rings (SSSR count). The van der Waals surface area contributed by atoms with E-state index < -0.39 is 0 Å². The van der Waals surface area contributed by atoms with Gasteiger partial charge < -0.3 is 15.1 Å². The smallest absolute Gasteiger partial charge is 0.274 e. The first-order valence-corrected chi connectivity index (χ1v) is 9.45. The number of carbonyl (C=O) groups is 1. The molecule has 1 aromatic carbocycles. The van der Waals surface area contributed by atoms with E-state index in [9.17, 15) is 4.79 Å². The number of rotatable bonds is 3. The van der Waals surface area contributed by atoms with E-state index in [0.717, 1.165) is 31.0 Å². The van der Waals surface area contributed by atoms with Crippen molar-refractivity contribution >= 4 is 23.3 Å². The van der Waals surface area contributed by atoms with Crippen LogP contribution < -0.4 is 10.2 Å². The number of aromatic nitrogens is 2. The molecule has 2 aromatic rings. The highest BCUT2D eigenvalue weighted by Crippen LogP contribution is 2.22. The van der Waals surface area contributed by atoms with E-state index in [1.165, 1.54) is 12.8 Å². The maximum absolute atomic E-state index is 12.8. The summed E-state index contributed by atoms with van der Waals surface area (Å²) in [5.74, 6) is 0.787. The Labute approximate surface area is 158 Å². The Morgan fingerprint density at radius 1 is 1.12 bits per heavy atom. The van der Waals surface area contributed by atoms with Crippen LogP contribution in [0.3, 0.4) is 0 Å². The number of carbonyl (C=O) groups excluding carboxylic acids is 1. The SMILES string of the molecule is O=C(c1ccc(N2CCCC2)nn1)N1CCNC(c2cccc(Cl)c2)C1. The predicted molar refractivity (Wildman–Crippen MR) is 102 cm³/mol. The summed E-state index contributed by atoms with van der Waals surface area (Å²) in [6, 6.07) is 11.5. The first kappa shape index (κ1) is 17.2. The summed E-state index contributed by atoms with van der Waals surface area (Å²) < 4.78 is 0. The second-order valence-corrected chi connectivity index (χ2v) is 7.22. The molecule has 1 aromatic heterocycles. The Bertz CT molecular complexity index is 776. The molecule has 1 N–H and O–H groups in total. The Kier molecular flexibility index (Phi) is 5.04. The van der Waals surface area contributed by atoms with Crippen molar-refractivity contribution in [3.8, 4) is 0 Å². The molecule has 1 atom stereocenters. The second kappa shape index (κ2) is 7.60. The summed E-state index contributed by atoms with van der Waals surface area (Å²) in [7, 11) is 0. The average molecular weight is 372 g/mol. The highest BCUT2D eigenvalue weighted by Gasteiger charge is 2.26. The predicted octanol–water partition coefficient (Wildman–Crippen LogP) is 2.52. The zero-order valence-electron chi connectivity index (χ0n) is 14.6. The highest BCUT2D eigenvalue weighted by molar-refractivity contribution is 6.30. The lowest BCUT2D eigenvalue weighted by atomic mass is 10.0. The van der Waals surface area contributed by atoms with Crippen LogP contribution >= 0.6 is 11.6 Å².